The Morgan fingerprint density at radius 1 is 1.28 bits per heavy atom. The van der Waals surface area contributed by atoms with Crippen LogP contribution in [0.4, 0.5) is 5.69 Å². The predicted molar refractivity (Wildman–Crippen MR) is 77.5 cm³/mol. The molecule has 1 aromatic carbocycles. The van der Waals surface area contributed by atoms with Crippen LogP contribution in [-0.4, -0.2) is 19.0 Å². The van der Waals surface area contributed by atoms with Gasteiger partial charge in [0.1, 0.15) is 0 Å². The van der Waals surface area contributed by atoms with Crippen molar-refractivity contribution in [1.29, 1.82) is 0 Å². The molecule has 100 valence electrons. The second-order valence-corrected chi connectivity index (χ2v) is 4.87. The molecule has 1 aromatic rings. The molecule has 0 atom stereocenters. The zero-order chi connectivity index (χ0) is 13.4. The lowest BCUT2D eigenvalue weighted by atomic mass is 10.3. The number of unbranched alkanes of at least 4 members (excludes halogenated alkanes) is 1. The molecule has 18 heavy (non-hydrogen) atoms. The molecule has 1 amide bonds. The van der Waals surface area contributed by atoms with E-state index in [-0.39, 0.29) is 5.91 Å². The molecule has 0 saturated carbocycles. The molecule has 0 unspecified atom stereocenters. The second-order valence-electron chi connectivity index (χ2n) is 4.03. The Kier molecular flexibility index (Phi) is 7.09. The van der Waals surface area contributed by atoms with E-state index < -0.39 is 0 Å². The van der Waals surface area contributed by atoms with Gasteiger partial charge in [-0.05, 0) is 31.2 Å². The lowest BCUT2D eigenvalue weighted by Crippen LogP contribution is -2.22. The first-order valence-electron chi connectivity index (χ1n) is 6.09. The topological polar surface area (TPSA) is 41.1 Å². The van der Waals surface area contributed by atoms with Gasteiger partial charge in [0.05, 0.1) is 10.7 Å². The Morgan fingerprint density at radius 2 is 2.06 bits per heavy atom. The third kappa shape index (κ3) is 5.71. The molecule has 2 N–H and O–H groups in total. The van der Waals surface area contributed by atoms with E-state index in [9.17, 15) is 4.79 Å². The minimum absolute atomic E-state index is 0.0665. The van der Waals surface area contributed by atoms with Crippen LogP contribution in [0.3, 0.4) is 0 Å². The lowest BCUT2D eigenvalue weighted by Gasteiger charge is -2.08. The fourth-order valence-corrected chi connectivity index (χ4v) is 1.77. The van der Waals surface area contributed by atoms with Gasteiger partial charge in [-0.2, -0.15) is 0 Å². The molecule has 0 heterocycles. The minimum atomic E-state index is -0.0665. The van der Waals surface area contributed by atoms with Crippen molar-refractivity contribution in [3.63, 3.8) is 0 Å². The van der Waals surface area contributed by atoms with Gasteiger partial charge in [-0.1, -0.05) is 36.5 Å². The summed E-state index contributed by atoms with van der Waals surface area (Å²) in [5, 5.41) is 7.00. The van der Waals surface area contributed by atoms with Gasteiger partial charge >= 0.3 is 0 Å². The van der Waals surface area contributed by atoms with Crippen LogP contribution in [0.5, 0.6) is 0 Å². The van der Waals surface area contributed by atoms with Crippen LogP contribution in [0.1, 0.15) is 26.2 Å². The molecule has 0 aliphatic heterocycles. The Labute approximate surface area is 118 Å². The van der Waals surface area contributed by atoms with Crippen molar-refractivity contribution >= 4 is 34.8 Å². The fraction of sp³-hybridized carbons (Fsp3) is 0.462. The van der Waals surface area contributed by atoms with E-state index in [0.717, 1.165) is 19.4 Å². The van der Waals surface area contributed by atoms with Gasteiger partial charge in [0.25, 0.3) is 0 Å². The molecule has 0 bridgehead atoms. The normalized spacial score (nSPS) is 10.4. The largest absolute Gasteiger partial charge is 0.325 e. The van der Waals surface area contributed by atoms with Gasteiger partial charge < -0.3 is 10.6 Å². The van der Waals surface area contributed by atoms with Crippen LogP contribution in [0.15, 0.2) is 18.2 Å². The monoisotopic (exact) mass is 288 g/mol. The first-order chi connectivity index (χ1) is 8.63. The van der Waals surface area contributed by atoms with E-state index >= 15 is 0 Å². The SMILES string of the molecule is CCCCNCCC(=O)Nc1cc(Cl)ccc1Cl. The molecule has 5 heteroatoms. The summed E-state index contributed by atoms with van der Waals surface area (Å²) < 4.78 is 0. The highest BCUT2D eigenvalue weighted by Gasteiger charge is 2.06. The highest BCUT2D eigenvalue weighted by atomic mass is 35.5. The van der Waals surface area contributed by atoms with E-state index in [2.05, 4.69) is 17.6 Å². The van der Waals surface area contributed by atoms with E-state index in [1.807, 2.05) is 0 Å². The van der Waals surface area contributed by atoms with Crippen molar-refractivity contribution in [3.05, 3.63) is 28.2 Å². The average Bonchev–Trinajstić information content (AvgIpc) is 2.33. The summed E-state index contributed by atoms with van der Waals surface area (Å²) in [5.41, 5.74) is 0.558. The maximum atomic E-state index is 11.7. The maximum Gasteiger partial charge on any atom is 0.225 e. The summed E-state index contributed by atoms with van der Waals surface area (Å²) in [6.45, 7) is 3.75. The summed E-state index contributed by atoms with van der Waals surface area (Å²) >= 11 is 11.8. The Morgan fingerprint density at radius 3 is 2.78 bits per heavy atom. The summed E-state index contributed by atoms with van der Waals surface area (Å²) in [7, 11) is 0. The van der Waals surface area contributed by atoms with Gasteiger partial charge in [-0.15, -0.1) is 0 Å². The quantitative estimate of drug-likeness (QED) is 0.751. The standard InChI is InChI=1S/C13H18Cl2N2O/c1-2-3-7-16-8-6-13(18)17-12-9-10(14)4-5-11(12)15/h4-5,9,16H,2-3,6-8H2,1H3,(H,17,18). The van der Waals surface area contributed by atoms with Crippen LogP contribution in [0.25, 0.3) is 0 Å². The van der Waals surface area contributed by atoms with Gasteiger partial charge in [0, 0.05) is 18.0 Å². The first kappa shape index (κ1) is 15.3. The summed E-state index contributed by atoms with van der Waals surface area (Å²) in [6.07, 6.45) is 2.70. The molecule has 3 nitrogen and oxygen atoms in total. The number of nitrogens with one attached hydrogen (secondary N) is 2. The number of amides is 1. The maximum absolute atomic E-state index is 11.7. The van der Waals surface area contributed by atoms with Crippen LogP contribution in [0.2, 0.25) is 10.0 Å². The van der Waals surface area contributed by atoms with Crippen molar-refractivity contribution in [3.8, 4) is 0 Å². The Bertz CT molecular complexity index is 397. The molecule has 0 aliphatic rings. The number of anilines is 1. The van der Waals surface area contributed by atoms with E-state index in [1.54, 1.807) is 18.2 Å². The van der Waals surface area contributed by atoms with E-state index in [4.69, 9.17) is 23.2 Å². The molecular formula is C13H18Cl2N2O. The summed E-state index contributed by atoms with van der Waals surface area (Å²) in [5.74, 6) is -0.0665. The number of rotatable bonds is 7. The lowest BCUT2D eigenvalue weighted by molar-refractivity contribution is -0.116. The second kappa shape index (κ2) is 8.35. The zero-order valence-electron chi connectivity index (χ0n) is 10.4. The number of carbonyl (C=O) groups excluding carboxylic acids is 1. The van der Waals surface area contributed by atoms with E-state index in [1.165, 1.54) is 0 Å². The van der Waals surface area contributed by atoms with Crippen LogP contribution in [0, 0.1) is 0 Å². The highest BCUT2D eigenvalue weighted by molar-refractivity contribution is 6.35. The van der Waals surface area contributed by atoms with Crippen molar-refractivity contribution in [2.45, 2.75) is 26.2 Å². The summed E-state index contributed by atoms with van der Waals surface area (Å²) in [6, 6.07) is 5.00. The number of hydrogen-bond donors (Lipinski definition) is 2. The Balaban J connectivity index is 2.33. The smallest absolute Gasteiger partial charge is 0.225 e. The average molecular weight is 289 g/mol. The zero-order valence-corrected chi connectivity index (χ0v) is 11.9. The fourth-order valence-electron chi connectivity index (χ4n) is 1.43. The molecular weight excluding hydrogens is 271 g/mol. The third-order valence-electron chi connectivity index (χ3n) is 2.44. The van der Waals surface area contributed by atoms with Gasteiger partial charge in [-0.25, -0.2) is 0 Å². The van der Waals surface area contributed by atoms with Crippen molar-refractivity contribution < 1.29 is 4.79 Å². The number of halogens is 2. The molecule has 0 spiro atoms. The molecule has 0 aliphatic carbocycles. The van der Waals surface area contributed by atoms with Crippen LogP contribution < -0.4 is 10.6 Å². The molecule has 0 saturated heterocycles. The number of hydrogen-bond acceptors (Lipinski definition) is 2. The van der Waals surface area contributed by atoms with E-state index in [0.29, 0.717) is 28.7 Å². The highest BCUT2D eigenvalue weighted by Crippen LogP contribution is 2.25. The Hall–Kier alpha value is -0.770. The van der Waals surface area contributed by atoms with Crippen molar-refractivity contribution in [2.75, 3.05) is 18.4 Å². The molecule has 0 aromatic heterocycles. The van der Waals surface area contributed by atoms with Gasteiger partial charge in [0.2, 0.25) is 5.91 Å². The van der Waals surface area contributed by atoms with Crippen molar-refractivity contribution in [2.24, 2.45) is 0 Å². The summed E-state index contributed by atoms with van der Waals surface area (Å²) in [4.78, 5) is 11.7. The van der Waals surface area contributed by atoms with Gasteiger partial charge in [-0.3, -0.25) is 4.79 Å². The molecule has 0 fully saturated rings. The molecule has 0 radical (unpaired) electrons. The first-order valence-corrected chi connectivity index (χ1v) is 6.84. The molecule has 1 rings (SSSR count). The number of carbonyl (C=O) groups is 1. The van der Waals surface area contributed by atoms with Crippen molar-refractivity contribution in [1.82, 2.24) is 5.32 Å². The number of benzene rings is 1. The minimum Gasteiger partial charge on any atom is -0.325 e. The predicted octanol–water partition coefficient (Wildman–Crippen LogP) is 3.71. The van der Waals surface area contributed by atoms with Gasteiger partial charge in [0.15, 0.2) is 0 Å². The van der Waals surface area contributed by atoms with Crippen LogP contribution in [-0.2, 0) is 4.79 Å². The third-order valence-corrected chi connectivity index (χ3v) is 3.00. The van der Waals surface area contributed by atoms with Crippen LogP contribution >= 0.6 is 23.2 Å².